The normalized spacial score (nSPS) is 39.5. The summed E-state index contributed by atoms with van der Waals surface area (Å²) < 4.78 is 5.48. The summed E-state index contributed by atoms with van der Waals surface area (Å²) in [6, 6.07) is 0.756. The van der Waals surface area contributed by atoms with Gasteiger partial charge in [0.1, 0.15) is 0 Å². The molecule has 1 amide bonds. The van der Waals surface area contributed by atoms with Gasteiger partial charge in [-0.3, -0.25) is 4.79 Å². The van der Waals surface area contributed by atoms with Crippen LogP contribution in [0.5, 0.6) is 0 Å². The van der Waals surface area contributed by atoms with Gasteiger partial charge in [0.05, 0.1) is 13.2 Å². The average molecular weight is 343 g/mol. The summed E-state index contributed by atoms with van der Waals surface area (Å²) in [5, 5.41) is 3.41. The molecule has 0 radical (unpaired) electrons. The number of nitrogens with one attached hydrogen (secondary N) is 1. The molecule has 4 fully saturated rings. The molecule has 5 heteroatoms. The SMILES string of the molecule is Cl.O=C(CC1COCCN1)N1CCCC1CC1CC2CCC1C2. The maximum atomic E-state index is 12.7. The molecule has 2 aliphatic carbocycles. The third-order valence-corrected chi connectivity index (χ3v) is 6.58. The Bertz CT molecular complexity index is 414. The molecule has 2 saturated heterocycles. The molecule has 0 aromatic heterocycles. The van der Waals surface area contributed by atoms with Crippen LogP contribution >= 0.6 is 12.4 Å². The lowest BCUT2D eigenvalue weighted by Crippen LogP contribution is -2.46. The molecule has 0 aromatic rings. The van der Waals surface area contributed by atoms with Crippen molar-refractivity contribution in [3.8, 4) is 0 Å². The maximum absolute atomic E-state index is 12.7. The van der Waals surface area contributed by atoms with Crippen molar-refractivity contribution in [3.63, 3.8) is 0 Å². The lowest BCUT2D eigenvalue weighted by molar-refractivity contribution is -0.133. The molecule has 132 valence electrons. The Hall–Kier alpha value is -0.320. The number of morpholine rings is 1. The van der Waals surface area contributed by atoms with Crippen LogP contribution in [0.15, 0.2) is 0 Å². The van der Waals surface area contributed by atoms with E-state index in [-0.39, 0.29) is 18.4 Å². The first-order valence-electron chi connectivity index (χ1n) is 9.40. The van der Waals surface area contributed by atoms with Crippen molar-refractivity contribution in [2.75, 3.05) is 26.3 Å². The Balaban J connectivity index is 0.00000156. The molecular formula is C18H31ClN2O2. The third kappa shape index (κ3) is 3.85. The van der Waals surface area contributed by atoms with Crippen LogP contribution in [0.3, 0.4) is 0 Å². The van der Waals surface area contributed by atoms with Gasteiger partial charge < -0.3 is 15.0 Å². The van der Waals surface area contributed by atoms with Crippen LogP contribution < -0.4 is 5.32 Å². The minimum Gasteiger partial charge on any atom is -0.378 e. The largest absolute Gasteiger partial charge is 0.378 e. The number of hydrogen-bond acceptors (Lipinski definition) is 3. The van der Waals surface area contributed by atoms with Crippen molar-refractivity contribution in [3.05, 3.63) is 0 Å². The molecule has 2 saturated carbocycles. The number of rotatable bonds is 4. The number of amides is 1. The van der Waals surface area contributed by atoms with E-state index in [9.17, 15) is 4.79 Å². The number of ether oxygens (including phenoxy) is 1. The van der Waals surface area contributed by atoms with E-state index < -0.39 is 0 Å². The lowest BCUT2D eigenvalue weighted by Gasteiger charge is -2.32. The van der Waals surface area contributed by atoms with E-state index in [1.165, 1.54) is 44.9 Å². The Labute approximate surface area is 146 Å². The summed E-state index contributed by atoms with van der Waals surface area (Å²) in [5.41, 5.74) is 0. The monoisotopic (exact) mass is 342 g/mol. The van der Waals surface area contributed by atoms with Crippen LogP contribution in [-0.2, 0) is 9.53 Å². The molecule has 4 nitrogen and oxygen atoms in total. The van der Waals surface area contributed by atoms with Crippen LogP contribution in [-0.4, -0.2) is 49.2 Å². The summed E-state index contributed by atoms with van der Waals surface area (Å²) in [6.45, 7) is 3.34. The van der Waals surface area contributed by atoms with Crippen molar-refractivity contribution in [2.45, 2.75) is 63.5 Å². The molecule has 4 rings (SSSR count). The van der Waals surface area contributed by atoms with Gasteiger partial charge in [-0.2, -0.15) is 0 Å². The highest BCUT2D eigenvalue weighted by atomic mass is 35.5. The number of carbonyl (C=O) groups excluding carboxylic acids is 1. The summed E-state index contributed by atoms with van der Waals surface area (Å²) in [7, 11) is 0. The van der Waals surface area contributed by atoms with Crippen molar-refractivity contribution in [1.29, 1.82) is 0 Å². The molecule has 2 heterocycles. The maximum Gasteiger partial charge on any atom is 0.224 e. The van der Waals surface area contributed by atoms with Crippen molar-refractivity contribution in [1.82, 2.24) is 10.2 Å². The average Bonchev–Trinajstić information content (AvgIpc) is 3.24. The second-order valence-corrected chi connectivity index (χ2v) is 7.98. The highest BCUT2D eigenvalue weighted by Crippen LogP contribution is 2.50. The molecule has 1 N–H and O–H groups in total. The Morgan fingerprint density at radius 2 is 2.13 bits per heavy atom. The first kappa shape index (κ1) is 17.5. The van der Waals surface area contributed by atoms with Crippen molar-refractivity contribution < 1.29 is 9.53 Å². The van der Waals surface area contributed by atoms with Crippen molar-refractivity contribution >= 4 is 18.3 Å². The second-order valence-electron chi connectivity index (χ2n) is 7.98. The van der Waals surface area contributed by atoms with E-state index in [2.05, 4.69) is 10.2 Å². The van der Waals surface area contributed by atoms with Gasteiger partial charge in [0.2, 0.25) is 5.91 Å². The van der Waals surface area contributed by atoms with Gasteiger partial charge in [-0.05, 0) is 56.3 Å². The zero-order valence-electron chi connectivity index (χ0n) is 14.0. The molecule has 0 aromatic carbocycles. The predicted octanol–water partition coefficient (Wildman–Crippen LogP) is 2.60. The molecule has 23 heavy (non-hydrogen) atoms. The van der Waals surface area contributed by atoms with Gasteiger partial charge in [-0.1, -0.05) is 6.42 Å². The zero-order chi connectivity index (χ0) is 14.9. The quantitative estimate of drug-likeness (QED) is 0.853. The number of carbonyl (C=O) groups is 1. The highest BCUT2D eigenvalue weighted by molar-refractivity contribution is 5.85. The van der Waals surface area contributed by atoms with Crippen LogP contribution in [0.2, 0.25) is 0 Å². The minimum absolute atomic E-state index is 0. The fourth-order valence-corrected chi connectivity index (χ4v) is 5.50. The van der Waals surface area contributed by atoms with E-state index in [4.69, 9.17) is 4.74 Å². The Kier molecular flexibility index (Phi) is 5.87. The van der Waals surface area contributed by atoms with Crippen LogP contribution in [0.4, 0.5) is 0 Å². The Morgan fingerprint density at radius 1 is 1.22 bits per heavy atom. The molecule has 0 spiro atoms. The molecule has 2 aliphatic heterocycles. The fourth-order valence-electron chi connectivity index (χ4n) is 5.50. The number of likely N-dealkylation sites (tertiary alicyclic amines) is 1. The summed E-state index contributed by atoms with van der Waals surface area (Å²) in [6.07, 6.45) is 10.2. The standard InChI is InChI=1S/C18H30N2O2.ClH/c21-18(11-16-12-22-7-5-19-16)20-6-1-2-17(20)10-15-9-13-3-4-14(15)8-13;/h13-17,19H,1-12H2;1H. The van der Waals surface area contributed by atoms with Gasteiger partial charge in [0, 0.05) is 31.6 Å². The molecule has 5 unspecified atom stereocenters. The summed E-state index contributed by atoms with van der Waals surface area (Å²) >= 11 is 0. The van der Waals surface area contributed by atoms with Crippen LogP contribution in [0.25, 0.3) is 0 Å². The van der Waals surface area contributed by atoms with E-state index in [0.717, 1.165) is 37.5 Å². The van der Waals surface area contributed by atoms with Crippen molar-refractivity contribution in [2.24, 2.45) is 17.8 Å². The molecule has 5 atom stereocenters. The minimum atomic E-state index is 0. The third-order valence-electron chi connectivity index (χ3n) is 6.58. The van der Waals surface area contributed by atoms with E-state index in [0.29, 0.717) is 25.0 Å². The van der Waals surface area contributed by atoms with Crippen LogP contribution in [0, 0.1) is 17.8 Å². The Morgan fingerprint density at radius 3 is 2.83 bits per heavy atom. The topological polar surface area (TPSA) is 41.6 Å². The molecule has 2 bridgehead atoms. The lowest BCUT2D eigenvalue weighted by atomic mass is 9.83. The van der Waals surface area contributed by atoms with Gasteiger partial charge in [0.15, 0.2) is 0 Å². The first-order valence-corrected chi connectivity index (χ1v) is 9.40. The summed E-state index contributed by atoms with van der Waals surface area (Å²) in [4.78, 5) is 14.9. The second kappa shape index (κ2) is 7.71. The van der Waals surface area contributed by atoms with E-state index in [1.54, 1.807) is 0 Å². The van der Waals surface area contributed by atoms with E-state index >= 15 is 0 Å². The zero-order valence-corrected chi connectivity index (χ0v) is 14.9. The summed E-state index contributed by atoms with van der Waals surface area (Å²) in [5.74, 6) is 3.27. The number of fused-ring (bicyclic) bond motifs is 2. The number of nitrogens with zero attached hydrogens (tertiary/aromatic N) is 1. The fraction of sp³-hybridized carbons (Fsp3) is 0.944. The first-order chi connectivity index (χ1) is 10.8. The van der Waals surface area contributed by atoms with Gasteiger partial charge >= 0.3 is 0 Å². The molecular weight excluding hydrogens is 312 g/mol. The highest BCUT2D eigenvalue weighted by Gasteiger charge is 2.42. The smallest absolute Gasteiger partial charge is 0.224 e. The number of hydrogen-bond donors (Lipinski definition) is 1. The number of halogens is 1. The van der Waals surface area contributed by atoms with E-state index in [1.807, 2.05) is 0 Å². The predicted molar refractivity (Wildman–Crippen MR) is 92.8 cm³/mol. The molecule has 4 aliphatic rings. The van der Waals surface area contributed by atoms with Gasteiger partial charge in [0.25, 0.3) is 0 Å². The van der Waals surface area contributed by atoms with Gasteiger partial charge in [-0.15, -0.1) is 12.4 Å². The van der Waals surface area contributed by atoms with Gasteiger partial charge in [-0.25, -0.2) is 0 Å². The van der Waals surface area contributed by atoms with Crippen LogP contribution in [0.1, 0.15) is 51.4 Å².